The topological polar surface area (TPSA) is 80.4 Å². The molecule has 1 amide bonds. The molecule has 0 atom stereocenters. The Morgan fingerprint density at radius 2 is 1.88 bits per heavy atom. The minimum absolute atomic E-state index is 0.0425. The summed E-state index contributed by atoms with van der Waals surface area (Å²) in [6.45, 7) is 5.63. The van der Waals surface area contributed by atoms with E-state index < -0.39 is 0 Å². The van der Waals surface area contributed by atoms with E-state index in [2.05, 4.69) is 10.2 Å². The standard InChI is InChI=1S/C25H26N4O3S/c1-16-3-6-19(7-4-16)29-24(31)22-21(11-14-33-22)27-25(29)28-12-9-18(10-13-28)23(30)26-15-20-8-5-17(2)32-20/h3-8,11,14,18H,9-10,12-13,15H2,1-2H3,(H,26,30). The average Bonchev–Trinajstić information content (AvgIpc) is 3.47. The van der Waals surface area contributed by atoms with Crippen molar-refractivity contribution in [3.05, 3.63) is 75.3 Å². The molecule has 1 fully saturated rings. The summed E-state index contributed by atoms with van der Waals surface area (Å²) >= 11 is 1.42. The zero-order valence-corrected chi connectivity index (χ0v) is 19.5. The molecule has 170 valence electrons. The predicted octanol–water partition coefficient (Wildman–Crippen LogP) is 4.19. The summed E-state index contributed by atoms with van der Waals surface area (Å²) in [6.07, 6.45) is 1.41. The van der Waals surface area contributed by atoms with Gasteiger partial charge in [0.2, 0.25) is 11.9 Å². The number of fused-ring (bicyclic) bond motifs is 1. The first-order chi connectivity index (χ1) is 16.0. The van der Waals surface area contributed by atoms with Gasteiger partial charge in [0.1, 0.15) is 16.2 Å². The molecule has 0 saturated carbocycles. The van der Waals surface area contributed by atoms with E-state index in [0.29, 0.717) is 43.1 Å². The number of aryl methyl sites for hydroxylation is 2. The first-order valence-corrected chi connectivity index (χ1v) is 12.0. The van der Waals surface area contributed by atoms with Crippen LogP contribution < -0.4 is 15.8 Å². The fourth-order valence-electron chi connectivity index (χ4n) is 4.28. The van der Waals surface area contributed by atoms with E-state index in [-0.39, 0.29) is 17.4 Å². The van der Waals surface area contributed by atoms with Crippen molar-refractivity contribution in [3.63, 3.8) is 0 Å². The van der Waals surface area contributed by atoms with Crippen LogP contribution in [0.1, 0.15) is 29.9 Å². The highest BCUT2D eigenvalue weighted by Gasteiger charge is 2.28. The predicted molar refractivity (Wildman–Crippen MR) is 130 cm³/mol. The second kappa shape index (κ2) is 8.86. The molecule has 1 aromatic carbocycles. The van der Waals surface area contributed by atoms with E-state index in [4.69, 9.17) is 9.40 Å². The van der Waals surface area contributed by atoms with Crippen LogP contribution in [0, 0.1) is 19.8 Å². The molecular weight excluding hydrogens is 436 g/mol. The number of rotatable bonds is 5. The van der Waals surface area contributed by atoms with Crippen molar-refractivity contribution in [2.45, 2.75) is 33.2 Å². The first kappa shape index (κ1) is 21.5. The SMILES string of the molecule is Cc1ccc(-n2c(N3CCC(C(=O)NCc4ccc(C)o4)CC3)nc3ccsc3c2=O)cc1. The highest BCUT2D eigenvalue weighted by Crippen LogP contribution is 2.26. The van der Waals surface area contributed by atoms with E-state index in [1.807, 2.05) is 61.7 Å². The molecule has 1 N–H and O–H groups in total. The molecular formula is C25H26N4O3S. The molecule has 0 aliphatic carbocycles. The Labute approximate surface area is 195 Å². The van der Waals surface area contributed by atoms with Crippen molar-refractivity contribution in [2.75, 3.05) is 18.0 Å². The molecule has 0 unspecified atom stereocenters. The van der Waals surface area contributed by atoms with Gasteiger partial charge in [-0.25, -0.2) is 9.55 Å². The van der Waals surface area contributed by atoms with Gasteiger partial charge in [-0.3, -0.25) is 9.59 Å². The second-order valence-electron chi connectivity index (χ2n) is 8.51. The Bertz CT molecular complexity index is 1340. The fraction of sp³-hybridized carbons (Fsp3) is 0.320. The van der Waals surface area contributed by atoms with Crippen molar-refractivity contribution < 1.29 is 9.21 Å². The molecule has 7 nitrogen and oxygen atoms in total. The number of benzene rings is 1. The van der Waals surface area contributed by atoms with E-state index >= 15 is 0 Å². The number of piperidine rings is 1. The highest BCUT2D eigenvalue weighted by molar-refractivity contribution is 7.17. The lowest BCUT2D eigenvalue weighted by Crippen LogP contribution is -2.42. The van der Waals surface area contributed by atoms with Gasteiger partial charge >= 0.3 is 0 Å². The Hall–Kier alpha value is -3.39. The second-order valence-corrected chi connectivity index (χ2v) is 9.43. The maximum absolute atomic E-state index is 13.4. The molecule has 1 saturated heterocycles. The van der Waals surface area contributed by atoms with E-state index in [0.717, 1.165) is 28.3 Å². The molecule has 4 heterocycles. The van der Waals surface area contributed by atoms with Crippen LogP contribution >= 0.6 is 11.3 Å². The number of thiophene rings is 1. The maximum atomic E-state index is 13.4. The molecule has 33 heavy (non-hydrogen) atoms. The third-order valence-corrected chi connectivity index (χ3v) is 7.03. The summed E-state index contributed by atoms with van der Waals surface area (Å²) in [7, 11) is 0. The largest absolute Gasteiger partial charge is 0.465 e. The summed E-state index contributed by atoms with van der Waals surface area (Å²) in [6, 6.07) is 13.6. The van der Waals surface area contributed by atoms with Gasteiger partial charge in [0.15, 0.2) is 0 Å². The molecule has 1 aliphatic heterocycles. The van der Waals surface area contributed by atoms with Crippen LogP contribution in [0.5, 0.6) is 0 Å². The van der Waals surface area contributed by atoms with Crippen LogP contribution in [0.15, 0.2) is 57.1 Å². The van der Waals surface area contributed by atoms with Crippen molar-refractivity contribution in [1.29, 1.82) is 0 Å². The number of anilines is 1. The quantitative estimate of drug-likeness (QED) is 0.481. The average molecular weight is 463 g/mol. The van der Waals surface area contributed by atoms with E-state index in [9.17, 15) is 9.59 Å². The Morgan fingerprint density at radius 3 is 2.58 bits per heavy atom. The van der Waals surface area contributed by atoms with Crippen molar-refractivity contribution >= 4 is 33.4 Å². The van der Waals surface area contributed by atoms with Crippen LogP contribution in [0.25, 0.3) is 15.9 Å². The zero-order chi connectivity index (χ0) is 22.9. The van der Waals surface area contributed by atoms with Crippen molar-refractivity contribution in [2.24, 2.45) is 5.92 Å². The van der Waals surface area contributed by atoms with Crippen LogP contribution in [-0.4, -0.2) is 28.5 Å². The van der Waals surface area contributed by atoms with Gasteiger partial charge in [-0.1, -0.05) is 17.7 Å². The van der Waals surface area contributed by atoms with Gasteiger partial charge < -0.3 is 14.6 Å². The van der Waals surface area contributed by atoms with Crippen LogP contribution in [0.4, 0.5) is 5.95 Å². The third-order valence-electron chi connectivity index (χ3n) is 6.14. The minimum Gasteiger partial charge on any atom is -0.465 e. The fourth-order valence-corrected chi connectivity index (χ4v) is 5.04. The lowest BCUT2D eigenvalue weighted by atomic mass is 9.96. The van der Waals surface area contributed by atoms with Gasteiger partial charge in [-0.15, -0.1) is 11.3 Å². The van der Waals surface area contributed by atoms with Gasteiger partial charge in [-0.2, -0.15) is 0 Å². The molecule has 0 spiro atoms. The summed E-state index contributed by atoms with van der Waals surface area (Å²) in [5.41, 5.74) is 2.60. The first-order valence-electron chi connectivity index (χ1n) is 11.1. The molecule has 3 aromatic heterocycles. The van der Waals surface area contributed by atoms with Gasteiger partial charge in [0.05, 0.1) is 17.7 Å². The van der Waals surface area contributed by atoms with Gasteiger partial charge in [0, 0.05) is 19.0 Å². The molecule has 5 rings (SSSR count). The van der Waals surface area contributed by atoms with E-state index in [1.165, 1.54) is 11.3 Å². The lowest BCUT2D eigenvalue weighted by molar-refractivity contribution is -0.125. The van der Waals surface area contributed by atoms with E-state index in [1.54, 1.807) is 4.57 Å². The zero-order valence-electron chi connectivity index (χ0n) is 18.7. The normalized spacial score (nSPS) is 14.7. The molecule has 1 aliphatic rings. The van der Waals surface area contributed by atoms with Crippen molar-refractivity contribution in [1.82, 2.24) is 14.9 Å². The molecule has 0 bridgehead atoms. The number of amides is 1. The van der Waals surface area contributed by atoms with Crippen LogP contribution in [-0.2, 0) is 11.3 Å². The van der Waals surface area contributed by atoms with Gasteiger partial charge in [0.25, 0.3) is 5.56 Å². The monoisotopic (exact) mass is 462 g/mol. The number of carbonyl (C=O) groups is 1. The summed E-state index contributed by atoms with van der Waals surface area (Å²) < 4.78 is 7.90. The lowest BCUT2D eigenvalue weighted by Gasteiger charge is -2.33. The summed E-state index contributed by atoms with van der Waals surface area (Å²) in [5.74, 6) is 2.21. The Morgan fingerprint density at radius 1 is 1.12 bits per heavy atom. The number of carbonyl (C=O) groups excluding carboxylic acids is 1. The molecule has 8 heteroatoms. The maximum Gasteiger partial charge on any atom is 0.277 e. The smallest absolute Gasteiger partial charge is 0.277 e. The van der Waals surface area contributed by atoms with Crippen molar-refractivity contribution in [3.8, 4) is 5.69 Å². The number of nitrogens with zero attached hydrogens (tertiary/aromatic N) is 3. The third kappa shape index (κ3) is 4.30. The Kier molecular flexibility index (Phi) is 5.76. The molecule has 0 radical (unpaired) electrons. The Balaban J connectivity index is 1.36. The van der Waals surface area contributed by atoms with Crippen LogP contribution in [0.3, 0.4) is 0 Å². The molecule has 4 aromatic rings. The highest BCUT2D eigenvalue weighted by atomic mass is 32.1. The van der Waals surface area contributed by atoms with Crippen LogP contribution in [0.2, 0.25) is 0 Å². The number of nitrogens with one attached hydrogen (secondary N) is 1. The number of aromatic nitrogens is 2. The number of hydrogen-bond donors (Lipinski definition) is 1. The van der Waals surface area contributed by atoms with Gasteiger partial charge in [-0.05, 0) is 62.4 Å². The summed E-state index contributed by atoms with van der Waals surface area (Å²) in [5, 5.41) is 4.89. The summed E-state index contributed by atoms with van der Waals surface area (Å²) in [4.78, 5) is 33.0. The minimum atomic E-state index is -0.0678. The number of hydrogen-bond acceptors (Lipinski definition) is 6. The number of furan rings is 1.